The third kappa shape index (κ3) is 4.37. The molecule has 2 heteroatoms. The van der Waals surface area contributed by atoms with Crippen LogP contribution >= 0.6 is 0 Å². The van der Waals surface area contributed by atoms with Crippen molar-refractivity contribution in [3.05, 3.63) is 0 Å². The molecular formula is C10H21NO. The quantitative estimate of drug-likeness (QED) is 0.678. The molecule has 0 saturated carbocycles. The van der Waals surface area contributed by atoms with Crippen LogP contribution in [0.3, 0.4) is 0 Å². The summed E-state index contributed by atoms with van der Waals surface area (Å²) in [5.41, 5.74) is -0.111. The van der Waals surface area contributed by atoms with E-state index in [9.17, 15) is 4.79 Å². The Labute approximate surface area is 75.7 Å². The lowest BCUT2D eigenvalue weighted by molar-refractivity contribution is -0.127. The summed E-state index contributed by atoms with van der Waals surface area (Å²) in [6.45, 7) is 12.1. The Kier molecular flexibility index (Phi) is 3.75. The fourth-order valence-corrected chi connectivity index (χ4v) is 0.786. The van der Waals surface area contributed by atoms with Gasteiger partial charge < -0.3 is 5.32 Å². The first-order valence-electron chi connectivity index (χ1n) is 4.56. The van der Waals surface area contributed by atoms with Crippen molar-refractivity contribution in [3.8, 4) is 0 Å². The van der Waals surface area contributed by atoms with Crippen molar-refractivity contribution in [3.63, 3.8) is 0 Å². The number of amides is 1. The normalized spacial score (nSPS) is 14.6. The second kappa shape index (κ2) is 3.92. The molecule has 12 heavy (non-hydrogen) atoms. The highest BCUT2D eigenvalue weighted by Gasteiger charge is 2.20. The van der Waals surface area contributed by atoms with E-state index in [1.807, 2.05) is 27.7 Å². The molecule has 0 bridgehead atoms. The van der Waals surface area contributed by atoms with Crippen molar-refractivity contribution in [1.29, 1.82) is 0 Å². The molecule has 0 aromatic heterocycles. The predicted octanol–water partition coefficient (Wildman–Crippen LogP) is 2.19. The molecule has 0 heterocycles. The van der Waals surface area contributed by atoms with Crippen LogP contribution in [0, 0.1) is 11.8 Å². The predicted molar refractivity (Wildman–Crippen MR) is 51.9 cm³/mol. The van der Waals surface area contributed by atoms with Gasteiger partial charge in [0.15, 0.2) is 0 Å². The number of carbonyl (C=O) groups excluding carboxylic acids is 1. The number of rotatable bonds is 2. The maximum atomic E-state index is 11.5. The third-order valence-corrected chi connectivity index (χ3v) is 1.91. The van der Waals surface area contributed by atoms with Gasteiger partial charge in [0.1, 0.15) is 0 Å². The van der Waals surface area contributed by atoms with Crippen LogP contribution in [0.4, 0.5) is 0 Å². The molecular weight excluding hydrogens is 150 g/mol. The molecule has 0 aliphatic carbocycles. The summed E-state index contributed by atoms with van der Waals surface area (Å²) >= 11 is 0. The molecule has 0 aromatic rings. The minimum Gasteiger partial charge on any atom is -0.351 e. The van der Waals surface area contributed by atoms with Gasteiger partial charge in [0, 0.05) is 11.5 Å². The number of hydrogen-bond acceptors (Lipinski definition) is 1. The van der Waals surface area contributed by atoms with E-state index in [0.717, 1.165) is 0 Å². The van der Waals surface area contributed by atoms with Gasteiger partial charge in [-0.15, -0.1) is 0 Å². The highest BCUT2D eigenvalue weighted by atomic mass is 16.2. The average molecular weight is 171 g/mol. The maximum absolute atomic E-state index is 11.5. The molecule has 0 saturated heterocycles. The fraction of sp³-hybridized carbons (Fsp3) is 0.900. The number of hydrogen-bond donors (Lipinski definition) is 1. The van der Waals surface area contributed by atoms with Gasteiger partial charge in [-0.1, -0.05) is 20.8 Å². The Hall–Kier alpha value is -0.530. The molecule has 0 fully saturated rings. The van der Waals surface area contributed by atoms with E-state index in [4.69, 9.17) is 0 Å². The zero-order valence-electron chi connectivity index (χ0n) is 9.06. The van der Waals surface area contributed by atoms with Crippen LogP contribution < -0.4 is 5.32 Å². The van der Waals surface area contributed by atoms with Crippen LogP contribution in [-0.4, -0.2) is 11.4 Å². The van der Waals surface area contributed by atoms with Gasteiger partial charge in [-0.25, -0.2) is 0 Å². The lowest BCUT2D eigenvalue weighted by atomic mass is 9.96. The van der Waals surface area contributed by atoms with E-state index in [1.54, 1.807) is 0 Å². The van der Waals surface area contributed by atoms with Gasteiger partial charge in [0.25, 0.3) is 0 Å². The molecule has 72 valence electrons. The van der Waals surface area contributed by atoms with Gasteiger partial charge in [0.2, 0.25) is 5.91 Å². The Morgan fingerprint density at radius 1 is 1.17 bits per heavy atom. The Balaban J connectivity index is 4.05. The first kappa shape index (κ1) is 11.5. The van der Waals surface area contributed by atoms with Crippen molar-refractivity contribution in [2.24, 2.45) is 11.8 Å². The van der Waals surface area contributed by atoms with Gasteiger partial charge in [-0.3, -0.25) is 4.79 Å². The van der Waals surface area contributed by atoms with Crippen LogP contribution in [0.25, 0.3) is 0 Å². The minimum atomic E-state index is -0.111. The Bertz CT molecular complexity index is 156. The number of nitrogens with one attached hydrogen (secondary N) is 1. The first-order valence-corrected chi connectivity index (χ1v) is 4.56. The lowest BCUT2D eigenvalue weighted by Crippen LogP contribution is -2.44. The van der Waals surface area contributed by atoms with E-state index in [2.05, 4.69) is 19.2 Å². The molecule has 0 aromatic carbocycles. The van der Waals surface area contributed by atoms with Crippen molar-refractivity contribution < 1.29 is 4.79 Å². The van der Waals surface area contributed by atoms with E-state index < -0.39 is 0 Å². The average Bonchev–Trinajstić information content (AvgIpc) is 1.82. The van der Waals surface area contributed by atoms with Crippen LogP contribution in [0.2, 0.25) is 0 Å². The summed E-state index contributed by atoms with van der Waals surface area (Å²) in [6.07, 6.45) is 0. The van der Waals surface area contributed by atoms with Gasteiger partial charge in [-0.2, -0.15) is 0 Å². The van der Waals surface area contributed by atoms with Gasteiger partial charge in [0.05, 0.1) is 0 Å². The largest absolute Gasteiger partial charge is 0.351 e. The zero-order chi connectivity index (χ0) is 9.94. The topological polar surface area (TPSA) is 29.1 Å². The summed E-state index contributed by atoms with van der Waals surface area (Å²) in [7, 11) is 0. The molecule has 0 aliphatic heterocycles. The first-order chi connectivity index (χ1) is 5.24. The summed E-state index contributed by atoms with van der Waals surface area (Å²) in [4.78, 5) is 11.5. The van der Waals surface area contributed by atoms with Gasteiger partial charge >= 0.3 is 0 Å². The SMILES string of the molecule is CC(C)C(C)C(=O)NC(C)(C)C. The molecule has 1 amide bonds. The summed E-state index contributed by atoms with van der Waals surface area (Å²) in [5.74, 6) is 0.661. The van der Waals surface area contributed by atoms with Crippen molar-refractivity contribution >= 4 is 5.91 Å². The van der Waals surface area contributed by atoms with Crippen LogP contribution in [0.1, 0.15) is 41.5 Å². The summed E-state index contributed by atoms with van der Waals surface area (Å²) in [5, 5.41) is 2.96. The Morgan fingerprint density at radius 2 is 1.58 bits per heavy atom. The Morgan fingerprint density at radius 3 is 1.83 bits per heavy atom. The minimum absolute atomic E-state index is 0.101. The van der Waals surface area contributed by atoms with Crippen LogP contribution in [0.5, 0.6) is 0 Å². The second-order valence-electron chi connectivity index (χ2n) is 4.77. The molecule has 0 aliphatic rings. The zero-order valence-corrected chi connectivity index (χ0v) is 9.06. The van der Waals surface area contributed by atoms with E-state index in [1.165, 1.54) is 0 Å². The van der Waals surface area contributed by atoms with Crippen LogP contribution in [-0.2, 0) is 4.79 Å². The molecule has 1 atom stereocenters. The fourth-order valence-electron chi connectivity index (χ4n) is 0.786. The van der Waals surface area contributed by atoms with E-state index >= 15 is 0 Å². The van der Waals surface area contributed by atoms with E-state index in [0.29, 0.717) is 5.92 Å². The third-order valence-electron chi connectivity index (χ3n) is 1.91. The second-order valence-corrected chi connectivity index (χ2v) is 4.77. The number of carbonyl (C=O) groups is 1. The van der Waals surface area contributed by atoms with Crippen molar-refractivity contribution in [2.75, 3.05) is 0 Å². The molecule has 0 radical (unpaired) electrons. The van der Waals surface area contributed by atoms with Gasteiger partial charge in [-0.05, 0) is 26.7 Å². The lowest BCUT2D eigenvalue weighted by Gasteiger charge is -2.24. The van der Waals surface area contributed by atoms with Crippen LogP contribution in [0.15, 0.2) is 0 Å². The molecule has 0 spiro atoms. The molecule has 2 nitrogen and oxygen atoms in total. The highest BCUT2D eigenvalue weighted by Crippen LogP contribution is 2.11. The highest BCUT2D eigenvalue weighted by molar-refractivity contribution is 5.79. The summed E-state index contributed by atoms with van der Waals surface area (Å²) < 4.78 is 0. The van der Waals surface area contributed by atoms with E-state index in [-0.39, 0.29) is 17.4 Å². The smallest absolute Gasteiger partial charge is 0.223 e. The monoisotopic (exact) mass is 171 g/mol. The van der Waals surface area contributed by atoms with Crippen molar-refractivity contribution in [2.45, 2.75) is 47.1 Å². The maximum Gasteiger partial charge on any atom is 0.223 e. The standard InChI is InChI=1S/C10H21NO/c1-7(2)8(3)9(12)11-10(4,5)6/h7-8H,1-6H3,(H,11,12). The molecule has 0 rings (SSSR count). The summed E-state index contributed by atoms with van der Waals surface area (Å²) in [6, 6.07) is 0. The van der Waals surface area contributed by atoms with Crippen molar-refractivity contribution in [1.82, 2.24) is 5.32 Å². The molecule has 1 N–H and O–H groups in total. The molecule has 1 unspecified atom stereocenters.